The summed E-state index contributed by atoms with van der Waals surface area (Å²) in [6.45, 7) is 4.63. The molecular weight excluding hydrogens is 260 g/mol. The molecule has 5 unspecified atom stereocenters. The van der Waals surface area contributed by atoms with Gasteiger partial charge in [-0.15, -0.1) is 0 Å². The number of hydrogen-bond acceptors (Lipinski definition) is 2. The van der Waals surface area contributed by atoms with E-state index in [1.54, 1.807) is 6.08 Å². The molecule has 0 amide bonds. The molecule has 21 heavy (non-hydrogen) atoms. The first-order valence-corrected chi connectivity index (χ1v) is 8.40. The van der Waals surface area contributed by atoms with Gasteiger partial charge in [0, 0.05) is 18.4 Å². The van der Waals surface area contributed by atoms with Crippen LogP contribution in [0.1, 0.15) is 52.4 Å². The summed E-state index contributed by atoms with van der Waals surface area (Å²) in [6, 6.07) is 0. The standard InChI is InChI=1S/C19H24O2/c1-18-7-3-4-14(18)13-11-17(21)16-10-12(20)5-9-19(16,2)15(13)6-8-18/h3,7,10,13-15H,4-6,8-9,11H2,1-2H3. The number of carbonyl (C=O) groups is 2. The van der Waals surface area contributed by atoms with Crippen molar-refractivity contribution in [1.82, 2.24) is 0 Å². The van der Waals surface area contributed by atoms with Gasteiger partial charge in [0.05, 0.1) is 0 Å². The van der Waals surface area contributed by atoms with Crippen LogP contribution in [0.25, 0.3) is 0 Å². The lowest BCUT2D eigenvalue weighted by Gasteiger charge is -2.56. The summed E-state index contributed by atoms with van der Waals surface area (Å²) in [6.07, 6.45) is 12.2. The molecule has 2 heteroatoms. The second kappa shape index (κ2) is 4.18. The van der Waals surface area contributed by atoms with E-state index in [-0.39, 0.29) is 17.0 Å². The maximum Gasteiger partial charge on any atom is 0.159 e. The number of Topliss-reactive ketones (excluding diaryl/α,β-unsaturated/α-hetero) is 1. The van der Waals surface area contributed by atoms with Gasteiger partial charge in [0.1, 0.15) is 0 Å². The molecule has 0 aromatic heterocycles. The normalized spacial score (nSPS) is 48.5. The van der Waals surface area contributed by atoms with Crippen LogP contribution in [-0.4, -0.2) is 11.6 Å². The van der Waals surface area contributed by atoms with E-state index < -0.39 is 0 Å². The molecule has 2 fully saturated rings. The average Bonchev–Trinajstić information content (AvgIpc) is 2.83. The van der Waals surface area contributed by atoms with Crippen LogP contribution in [0.3, 0.4) is 0 Å². The van der Waals surface area contributed by atoms with Crippen molar-refractivity contribution in [1.29, 1.82) is 0 Å². The molecule has 4 aliphatic rings. The molecule has 0 heterocycles. The number of ketones is 2. The van der Waals surface area contributed by atoms with Crippen molar-refractivity contribution < 1.29 is 9.59 Å². The number of rotatable bonds is 0. The van der Waals surface area contributed by atoms with Crippen LogP contribution >= 0.6 is 0 Å². The second-order valence-corrected chi connectivity index (χ2v) is 8.13. The monoisotopic (exact) mass is 284 g/mol. The van der Waals surface area contributed by atoms with Crippen LogP contribution in [0.5, 0.6) is 0 Å². The van der Waals surface area contributed by atoms with Gasteiger partial charge in [0.25, 0.3) is 0 Å². The van der Waals surface area contributed by atoms with Gasteiger partial charge in [-0.25, -0.2) is 0 Å². The van der Waals surface area contributed by atoms with Crippen LogP contribution in [0, 0.1) is 28.6 Å². The summed E-state index contributed by atoms with van der Waals surface area (Å²) in [5, 5.41) is 0. The molecule has 112 valence electrons. The average molecular weight is 284 g/mol. The zero-order chi connectivity index (χ0) is 14.8. The Kier molecular flexibility index (Phi) is 2.68. The van der Waals surface area contributed by atoms with Crippen molar-refractivity contribution in [3.8, 4) is 0 Å². The van der Waals surface area contributed by atoms with Gasteiger partial charge in [-0.05, 0) is 60.3 Å². The van der Waals surface area contributed by atoms with E-state index in [1.807, 2.05) is 0 Å². The highest BCUT2D eigenvalue weighted by molar-refractivity contribution is 6.05. The van der Waals surface area contributed by atoms with E-state index in [4.69, 9.17) is 0 Å². The largest absolute Gasteiger partial charge is 0.295 e. The highest BCUT2D eigenvalue weighted by Crippen LogP contribution is 2.62. The fraction of sp³-hybridized carbons (Fsp3) is 0.684. The molecular formula is C19H24O2. The fourth-order valence-electron chi connectivity index (χ4n) is 5.87. The Labute approximate surface area is 126 Å². The summed E-state index contributed by atoms with van der Waals surface area (Å²) >= 11 is 0. The quantitative estimate of drug-likeness (QED) is 0.633. The highest BCUT2D eigenvalue weighted by atomic mass is 16.1. The Hall–Kier alpha value is -1.18. The third-order valence-corrected chi connectivity index (χ3v) is 7.11. The summed E-state index contributed by atoms with van der Waals surface area (Å²) in [5.41, 5.74) is 1.12. The minimum Gasteiger partial charge on any atom is -0.295 e. The molecule has 0 aromatic rings. The van der Waals surface area contributed by atoms with Crippen LogP contribution in [0.15, 0.2) is 23.8 Å². The Balaban J connectivity index is 1.76. The minimum atomic E-state index is -0.0438. The van der Waals surface area contributed by atoms with Crippen molar-refractivity contribution in [2.24, 2.45) is 28.6 Å². The third kappa shape index (κ3) is 1.71. The lowest BCUT2D eigenvalue weighted by Crippen LogP contribution is -2.52. The van der Waals surface area contributed by atoms with Gasteiger partial charge in [-0.1, -0.05) is 26.0 Å². The molecule has 0 radical (unpaired) electrons. The molecule has 5 atom stereocenters. The summed E-state index contributed by atoms with van der Waals surface area (Å²) < 4.78 is 0. The van der Waals surface area contributed by atoms with Crippen molar-refractivity contribution in [3.05, 3.63) is 23.8 Å². The molecule has 0 spiro atoms. The van der Waals surface area contributed by atoms with Gasteiger partial charge < -0.3 is 0 Å². The molecule has 2 saturated carbocycles. The lowest BCUT2D eigenvalue weighted by atomic mass is 9.47. The SMILES string of the molecule is CC12C=CCC1C1CC(=O)C3=CC(=O)CCC3(C)C1CC2. The van der Waals surface area contributed by atoms with Crippen LogP contribution in [0.4, 0.5) is 0 Å². The van der Waals surface area contributed by atoms with Crippen molar-refractivity contribution in [3.63, 3.8) is 0 Å². The maximum absolute atomic E-state index is 12.7. The van der Waals surface area contributed by atoms with Gasteiger partial charge >= 0.3 is 0 Å². The van der Waals surface area contributed by atoms with Gasteiger partial charge in [-0.3, -0.25) is 9.59 Å². The molecule has 0 N–H and O–H groups in total. The first-order valence-electron chi connectivity index (χ1n) is 8.40. The zero-order valence-electron chi connectivity index (χ0n) is 13.0. The number of carbonyl (C=O) groups excluding carboxylic acids is 2. The third-order valence-electron chi connectivity index (χ3n) is 7.11. The van der Waals surface area contributed by atoms with Crippen LogP contribution in [-0.2, 0) is 9.59 Å². The predicted molar refractivity (Wildman–Crippen MR) is 81.6 cm³/mol. The van der Waals surface area contributed by atoms with E-state index >= 15 is 0 Å². The van der Waals surface area contributed by atoms with E-state index in [0.717, 1.165) is 18.4 Å². The molecule has 4 aliphatic carbocycles. The zero-order valence-corrected chi connectivity index (χ0v) is 13.0. The lowest BCUT2D eigenvalue weighted by molar-refractivity contribution is -0.129. The molecule has 0 saturated heterocycles. The Bertz CT molecular complexity index is 584. The molecule has 0 aliphatic heterocycles. The highest BCUT2D eigenvalue weighted by Gasteiger charge is 2.57. The molecule has 0 aromatic carbocycles. The maximum atomic E-state index is 12.7. The molecule has 4 rings (SSSR count). The second-order valence-electron chi connectivity index (χ2n) is 8.13. The Morgan fingerprint density at radius 2 is 1.95 bits per heavy atom. The van der Waals surface area contributed by atoms with Gasteiger partial charge in [0.2, 0.25) is 0 Å². The van der Waals surface area contributed by atoms with Crippen LogP contribution < -0.4 is 0 Å². The number of fused-ring (bicyclic) bond motifs is 5. The number of allylic oxidation sites excluding steroid dienone is 4. The van der Waals surface area contributed by atoms with Gasteiger partial charge in [0.15, 0.2) is 11.6 Å². The summed E-state index contributed by atoms with van der Waals surface area (Å²) in [7, 11) is 0. The van der Waals surface area contributed by atoms with Crippen LogP contribution in [0.2, 0.25) is 0 Å². The molecule has 2 nitrogen and oxygen atoms in total. The topological polar surface area (TPSA) is 34.1 Å². The minimum absolute atomic E-state index is 0.0438. The van der Waals surface area contributed by atoms with E-state index in [2.05, 4.69) is 26.0 Å². The first-order chi connectivity index (χ1) is 9.94. The number of hydrogen-bond donors (Lipinski definition) is 0. The first kappa shape index (κ1) is 13.5. The Morgan fingerprint density at radius 3 is 2.76 bits per heavy atom. The van der Waals surface area contributed by atoms with Gasteiger partial charge in [-0.2, -0.15) is 0 Å². The van der Waals surface area contributed by atoms with Crippen molar-refractivity contribution >= 4 is 11.6 Å². The molecule has 0 bridgehead atoms. The summed E-state index contributed by atoms with van der Waals surface area (Å²) in [4.78, 5) is 24.4. The fourth-order valence-corrected chi connectivity index (χ4v) is 5.87. The summed E-state index contributed by atoms with van der Waals surface area (Å²) in [5.74, 6) is 2.14. The van der Waals surface area contributed by atoms with Crippen molar-refractivity contribution in [2.75, 3.05) is 0 Å². The van der Waals surface area contributed by atoms with E-state index in [0.29, 0.717) is 36.0 Å². The van der Waals surface area contributed by atoms with E-state index in [9.17, 15) is 9.59 Å². The van der Waals surface area contributed by atoms with Crippen molar-refractivity contribution in [2.45, 2.75) is 52.4 Å². The Morgan fingerprint density at radius 1 is 1.14 bits per heavy atom. The van der Waals surface area contributed by atoms with E-state index in [1.165, 1.54) is 12.8 Å². The predicted octanol–water partition coefficient (Wildman–Crippen LogP) is 3.86. The smallest absolute Gasteiger partial charge is 0.159 e.